The molecule has 0 saturated heterocycles. The van der Waals surface area contributed by atoms with Crippen LogP contribution in [0.3, 0.4) is 0 Å². The SMILES string of the molecule is CCN(CC)CCCNc1c(N)c(C)nn1CC. The monoisotopic (exact) mass is 253 g/mol. The number of hydrogen-bond acceptors (Lipinski definition) is 4. The highest BCUT2D eigenvalue weighted by molar-refractivity contribution is 5.64. The van der Waals surface area contributed by atoms with Crippen molar-refractivity contribution in [2.24, 2.45) is 0 Å². The van der Waals surface area contributed by atoms with Gasteiger partial charge in [-0.3, -0.25) is 0 Å². The summed E-state index contributed by atoms with van der Waals surface area (Å²) < 4.78 is 1.93. The number of nitrogens with zero attached hydrogens (tertiary/aromatic N) is 3. The Balaban J connectivity index is 2.44. The Hall–Kier alpha value is -1.23. The van der Waals surface area contributed by atoms with E-state index in [9.17, 15) is 0 Å². The van der Waals surface area contributed by atoms with Crippen LogP contribution in [0.1, 0.15) is 32.9 Å². The molecular formula is C13H27N5. The lowest BCUT2D eigenvalue weighted by molar-refractivity contribution is 0.303. The van der Waals surface area contributed by atoms with Gasteiger partial charge in [0.25, 0.3) is 0 Å². The lowest BCUT2D eigenvalue weighted by Gasteiger charge is -2.18. The van der Waals surface area contributed by atoms with Crippen molar-refractivity contribution in [2.75, 3.05) is 37.2 Å². The van der Waals surface area contributed by atoms with Gasteiger partial charge in [-0.05, 0) is 39.9 Å². The van der Waals surface area contributed by atoms with Gasteiger partial charge in [-0.1, -0.05) is 13.8 Å². The van der Waals surface area contributed by atoms with Crippen molar-refractivity contribution in [2.45, 2.75) is 40.7 Å². The second-order valence-corrected chi connectivity index (χ2v) is 4.47. The summed E-state index contributed by atoms with van der Waals surface area (Å²) in [5.74, 6) is 0.967. The summed E-state index contributed by atoms with van der Waals surface area (Å²) in [4.78, 5) is 2.42. The fourth-order valence-corrected chi connectivity index (χ4v) is 2.06. The molecule has 0 aliphatic rings. The molecule has 104 valence electrons. The van der Waals surface area contributed by atoms with Gasteiger partial charge in [-0.2, -0.15) is 5.10 Å². The van der Waals surface area contributed by atoms with Crippen molar-refractivity contribution < 1.29 is 0 Å². The van der Waals surface area contributed by atoms with Gasteiger partial charge in [-0.25, -0.2) is 4.68 Å². The molecule has 18 heavy (non-hydrogen) atoms. The van der Waals surface area contributed by atoms with E-state index in [2.05, 4.69) is 36.1 Å². The molecule has 0 aliphatic heterocycles. The highest BCUT2D eigenvalue weighted by Gasteiger charge is 2.10. The van der Waals surface area contributed by atoms with E-state index >= 15 is 0 Å². The van der Waals surface area contributed by atoms with Gasteiger partial charge in [0.2, 0.25) is 0 Å². The third-order valence-corrected chi connectivity index (χ3v) is 3.31. The van der Waals surface area contributed by atoms with Crippen LogP contribution in [-0.2, 0) is 6.54 Å². The molecule has 1 aromatic heterocycles. The molecule has 0 amide bonds. The normalized spacial score (nSPS) is 11.2. The molecule has 0 saturated carbocycles. The third kappa shape index (κ3) is 3.63. The highest BCUT2D eigenvalue weighted by Crippen LogP contribution is 2.21. The van der Waals surface area contributed by atoms with Crippen molar-refractivity contribution in [1.29, 1.82) is 0 Å². The molecule has 0 spiro atoms. The average Bonchev–Trinajstić information content (AvgIpc) is 2.66. The van der Waals surface area contributed by atoms with Crippen molar-refractivity contribution >= 4 is 11.5 Å². The summed E-state index contributed by atoms with van der Waals surface area (Å²) in [6.07, 6.45) is 1.12. The molecular weight excluding hydrogens is 226 g/mol. The van der Waals surface area contributed by atoms with Crippen LogP contribution in [0.5, 0.6) is 0 Å². The number of nitrogens with two attached hydrogens (primary N) is 1. The van der Waals surface area contributed by atoms with Crippen LogP contribution in [0.15, 0.2) is 0 Å². The van der Waals surface area contributed by atoms with Crippen molar-refractivity contribution in [3.63, 3.8) is 0 Å². The van der Waals surface area contributed by atoms with Crippen molar-refractivity contribution in [1.82, 2.24) is 14.7 Å². The average molecular weight is 253 g/mol. The maximum atomic E-state index is 6.02. The molecule has 1 heterocycles. The summed E-state index contributed by atoms with van der Waals surface area (Å²) in [7, 11) is 0. The van der Waals surface area contributed by atoms with E-state index in [1.165, 1.54) is 0 Å². The van der Waals surface area contributed by atoms with Crippen LogP contribution < -0.4 is 11.1 Å². The number of rotatable bonds is 8. The van der Waals surface area contributed by atoms with Gasteiger partial charge in [0, 0.05) is 13.1 Å². The number of hydrogen-bond donors (Lipinski definition) is 2. The van der Waals surface area contributed by atoms with E-state index in [1.807, 2.05) is 11.6 Å². The molecule has 1 aromatic rings. The van der Waals surface area contributed by atoms with Crippen molar-refractivity contribution in [3.8, 4) is 0 Å². The van der Waals surface area contributed by atoms with E-state index in [0.717, 1.165) is 56.3 Å². The zero-order valence-electron chi connectivity index (χ0n) is 12.2. The molecule has 0 unspecified atom stereocenters. The highest BCUT2D eigenvalue weighted by atomic mass is 15.3. The number of nitrogens with one attached hydrogen (secondary N) is 1. The number of aromatic nitrogens is 2. The van der Waals surface area contributed by atoms with Gasteiger partial charge in [0.15, 0.2) is 0 Å². The van der Waals surface area contributed by atoms with E-state index in [1.54, 1.807) is 0 Å². The van der Waals surface area contributed by atoms with Gasteiger partial charge in [0.1, 0.15) is 5.82 Å². The minimum Gasteiger partial charge on any atom is -0.394 e. The molecule has 0 aromatic carbocycles. The van der Waals surface area contributed by atoms with Crippen LogP contribution in [0.2, 0.25) is 0 Å². The summed E-state index contributed by atoms with van der Waals surface area (Å²) >= 11 is 0. The van der Waals surface area contributed by atoms with E-state index in [4.69, 9.17) is 5.73 Å². The Bertz CT molecular complexity index is 355. The molecule has 0 atom stereocenters. The zero-order valence-corrected chi connectivity index (χ0v) is 12.2. The topological polar surface area (TPSA) is 59.1 Å². The first-order chi connectivity index (χ1) is 8.63. The van der Waals surface area contributed by atoms with Crippen LogP contribution in [0.4, 0.5) is 11.5 Å². The minimum absolute atomic E-state index is 0.777. The predicted molar refractivity (Wildman–Crippen MR) is 77.9 cm³/mol. The second kappa shape index (κ2) is 7.26. The lowest BCUT2D eigenvalue weighted by atomic mass is 10.3. The maximum absolute atomic E-state index is 6.02. The number of nitrogen functional groups attached to an aromatic ring is 1. The smallest absolute Gasteiger partial charge is 0.148 e. The van der Waals surface area contributed by atoms with Crippen LogP contribution >= 0.6 is 0 Å². The van der Waals surface area contributed by atoms with Gasteiger partial charge >= 0.3 is 0 Å². The number of aryl methyl sites for hydroxylation is 2. The first-order valence-electron chi connectivity index (χ1n) is 6.93. The molecule has 0 fully saturated rings. The largest absolute Gasteiger partial charge is 0.394 e. The first kappa shape index (κ1) is 14.8. The summed E-state index contributed by atoms with van der Waals surface area (Å²) in [6, 6.07) is 0. The Morgan fingerprint density at radius 2 is 1.94 bits per heavy atom. The fourth-order valence-electron chi connectivity index (χ4n) is 2.06. The molecule has 0 aliphatic carbocycles. The fraction of sp³-hybridized carbons (Fsp3) is 0.769. The molecule has 1 rings (SSSR count). The Kier molecular flexibility index (Phi) is 5.98. The summed E-state index contributed by atoms with van der Waals surface area (Å²) in [5, 5.41) is 7.80. The standard InChI is InChI=1S/C13H27N5/c1-5-17(6-2)10-8-9-15-13-12(14)11(4)16-18(13)7-3/h15H,5-10,14H2,1-4H3. The molecule has 5 heteroatoms. The Morgan fingerprint density at radius 1 is 1.28 bits per heavy atom. The van der Waals surface area contributed by atoms with Gasteiger partial charge in [-0.15, -0.1) is 0 Å². The summed E-state index contributed by atoms with van der Waals surface area (Å²) in [6.45, 7) is 13.6. The Labute approximate surface area is 110 Å². The van der Waals surface area contributed by atoms with Crippen LogP contribution in [-0.4, -0.2) is 40.9 Å². The van der Waals surface area contributed by atoms with Crippen LogP contribution in [0.25, 0.3) is 0 Å². The van der Waals surface area contributed by atoms with E-state index in [0.29, 0.717) is 0 Å². The van der Waals surface area contributed by atoms with E-state index < -0.39 is 0 Å². The lowest BCUT2D eigenvalue weighted by Crippen LogP contribution is -2.25. The Morgan fingerprint density at radius 3 is 2.50 bits per heavy atom. The van der Waals surface area contributed by atoms with Gasteiger partial charge < -0.3 is 16.0 Å². The molecule has 5 nitrogen and oxygen atoms in total. The second-order valence-electron chi connectivity index (χ2n) is 4.47. The zero-order chi connectivity index (χ0) is 13.5. The van der Waals surface area contributed by atoms with Gasteiger partial charge in [0.05, 0.1) is 11.4 Å². The molecule has 3 N–H and O–H groups in total. The van der Waals surface area contributed by atoms with Crippen molar-refractivity contribution in [3.05, 3.63) is 5.69 Å². The third-order valence-electron chi connectivity index (χ3n) is 3.31. The minimum atomic E-state index is 0.777. The quantitative estimate of drug-likeness (QED) is 0.695. The summed E-state index contributed by atoms with van der Waals surface area (Å²) in [5.41, 5.74) is 7.70. The first-order valence-corrected chi connectivity index (χ1v) is 6.93. The maximum Gasteiger partial charge on any atom is 0.148 e. The predicted octanol–water partition coefficient (Wildman–Crippen LogP) is 1.94. The number of anilines is 2. The molecule has 0 radical (unpaired) electrons. The van der Waals surface area contributed by atoms with Crippen LogP contribution in [0, 0.1) is 6.92 Å². The molecule has 0 bridgehead atoms. The van der Waals surface area contributed by atoms with E-state index in [-0.39, 0.29) is 0 Å².